The minimum Gasteiger partial charge on any atom is -0.477 e. The van der Waals surface area contributed by atoms with Crippen LogP contribution in [0.4, 0.5) is 5.82 Å². The van der Waals surface area contributed by atoms with Gasteiger partial charge in [-0.2, -0.15) is 9.47 Å². The van der Waals surface area contributed by atoms with Gasteiger partial charge in [0.1, 0.15) is 17.7 Å². The van der Waals surface area contributed by atoms with Crippen LogP contribution in [-0.2, 0) is 0 Å². The van der Waals surface area contributed by atoms with E-state index in [0.29, 0.717) is 40.8 Å². The molecule has 0 atom stereocenters. The summed E-state index contributed by atoms with van der Waals surface area (Å²) < 4.78 is 7.15. The number of carboxylic acid groups (broad SMARTS) is 1. The van der Waals surface area contributed by atoms with Crippen molar-refractivity contribution in [2.75, 3.05) is 18.0 Å². The second-order valence-corrected chi connectivity index (χ2v) is 8.16. The molecule has 0 spiro atoms. The Kier molecular flexibility index (Phi) is 4.48. The smallest absolute Gasteiger partial charge is 0.341 e. The van der Waals surface area contributed by atoms with Gasteiger partial charge in [0, 0.05) is 37.0 Å². The molecular formula is C19H16N8O4S. The first-order valence-electron chi connectivity index (χ1n) is 9.49. The van der Waals surface area contributed by atoms with E-state index in [0.717, 1.165) is 11.5 Å². The van der Waals surface area contributed by atoms with Gasteiger partial charge in [-0.1, -0.05) is 0 Å². The van der Waals surface area contributed by atoms with E-state index >= 15 is 0 Å². The lowest BCUT2D eigenvalue weighted by Crippen LogP contribution is -2.48. The van der Waals surface area contributed by atoms with Crippen molar-refractivity contribution in [3.05, 3.63) is 57.9 Å². The number of nitrogens with zero attached hydrogens (tertiary/aromatic N) is 7. The van der Waals surface area contributed by atoms with Crippen molar-refractivity contribution in [1.82, 2.24) is 28.7 Å². The number of pyridine rings is 2. The number of primary amides is 1. The van der Waals surface area contributed by atoms with E-state index in [4.69, 9.17) is 5.73 Å². The fourth-order valence-electron chi connectivity index (χ4n) is 3.69. The molecule has 32 heavy (non-hydrogen) atoms. The molecular weight excluding hydrogens is 436 g/mol. The third-order valence-electron chi connectivity index (χ3n) is 5.37. The molecule has 0 saturated carbocycles. The highest BCUT2D eigenvalue weighted by Crippen LogP contribution is 2.30. The second kappa shape index (κ2) is 7.23. The Morgan fingerprint density at radius 2 is 2.06 bits per heavy atom. The molecule has 1 fully saturated rings. The summed E-state index contributed by atoms with van der Waals surface area (Å²) >= 11 is 1.06. The highest BCUT2D eigenvalue weighted by atomic mass is 32.1. The quantitative estimate of drug-likeness (QED) is 0.441. The van der Waals surface area contributed by atoms with Gasteiger partial charge in [-0.15, -0.1) is 0 Å². The molecule has 13 heteroatoms. The lowest BCUT2D eigenvalue weighted by atomic mass is 10.1. The summed E-state index contributed by atoms with van der Waals surface area (Å²) in [7, 11) is 0. The molecule has 5 heterocycles. The molecule has 0 unspecified atom stereocenters. The zero-order valence-electron chi connectivity index (χ0n) is 16.7. The van der Waals surface area contributed by atoms with Gasteiger partial charge >= 0.3 is 5.97 Å². The highest BCUT2D eigenvalue weighted by Gasteiger charge is 2.31. The number of fused-ring (bicyclic) bond motifs is 1. The molecule has 1 saturated heterocycles. The molecule has 1 amide bonds. The summed E-state index contributed by atoms with van der Waals surface area (Å²) in [6.07, 6.45) is 5.64. The Labute approximate surface area is 183 Å². The molecule has 5 rings (SSSR count). The van der Waals surface area contributed by atoms with Gasteiger partial charge in [-0.25, -0.2) is 14.8 Å². The predicted molar refractivity (Wildman–Crippen MR) is 114 cm³/mol. The maximum Gasteiger partial charge on any atom is 0.341 e. The molecule has 0 bridgehead atoms. The summed E-state index contributed by atoms with van der Waals surface area (Å²) in [5.41, 5.74) is 5.59. The summed E-state index contributed by atoms with van der Waals surface area (Å²) in [5.74, 6) is -1.22. The van der Waals surface area contributed by atoms with E-state index < -0.39 is 17.3 Å². The Morgan fingerprint density at radius 1 is 1.28 bits per heavy atom. The number of anilines is 1. The van der Waals surface area contributed by atoms with Crippen LogP contribution in [0.5, 0.6) is 0 Å². The molecule has 0 aromatic carbocycles. The molecule has 4 aromatic heterocycles. The molecule has 3 N–H and O–H groups in total. The first kappa shape index (κ1) is 19.8. The van der Waals surface area contributed by atoms with Crippen molar-refractivity contribution >= 4 is 40.3 Å². The highest BCUT2D eigenvalue weighted by molar-refractivity contribution is 7.08. The van der Waals surface area contributed by atoms with E-state index in [2.05, 4.69) is 19.4 Å². The Balaban J connectivity index is 1.55. The van der Waals surface area contributed by atoms with Gasteiger partial charge in [0.15, 0.2) is 5.65 Å². The summed E-state index contributed by atoms with van der Waals surface area (Å²) in [5, 5.41) is 14.3. The number of carbonyl (C=O) groups is 2. The number of carboxylic acids is 1. The molecule has 1 aliphatic heterocycles. The second-order valence-electron chi connectivity index (χ2n) is 7.40. The Hall–Kier alpha value is -4.13. The van der Waals surface area contributed by atoms with Crippen molar-refractivity contribution < 1.29 is 14.7 Å². The van der Waals surface area contributed by atoms with Crippen LogP contribution in [0.3, 0.4) is 0 Å². The number of carbonyl (C=O) groups excluding carboxylic acids is 1. The first-order valence-corrected chi connectivity index (χ1v) is 10.3. The van der Waals surface area contributed by atoms with Gasteiger partial charge in [-0.3, -0.25) is 18.8 Å². The van der Waals surface area contributed by atoms with Crippen molar-refractivity contribution in [2.45, 2.75) is 13.0 Å². The van der Waals surface area contributed by atoms with Crippen LogP contribution >= 0.6 is 11.5 Å². The zero-order valence-corrected chi connectivity index (χ0v) is 17.5. The van der Waals surface area contributed by atoms with Crippen LogP contribution in [0.15, 0.2) is 35.8 Å². The van der Waals surface area contributed by atoms with Crippen LogP contribution in [-0.4, -0.2) is 58.8 Å². The lowest BCUT2D eigenvalue weighted by molar-refractivity contribution is 0.0695. The zero-order chi connectivity index (χ0) is 22.6. The largest absolute Gasteiger partial charge is 0.477 e. The maximum atomic E-state index is 12.8. The van der Waals surface area contributed by atoms with Crippen LogP contribution in [0.25, 0.3) is 16.2 Å². The van der Waals surface area contributed by atoms with E-state index in [1.54, 1.807) is 23.9 Å². The van der Waals surface area contributed by atoms with Gasteiger partial charge < -0.3 is 15.7 Å². The number of hydrogen-bond donors (Lipinski definition) is 2. The van der Waals surface area contributed by atoms with Gasteiger partial charge in [0.2, 0.25) is 10.6 Å². The number of aromatic nitrogens is 6. The molecule has 4 aromatic rings. The minimum absolute atomic E-state index is 0.0423. The fraction of sp³-hybridized carbons (Fsp3) is 0.211. The van der Waals surface area contributed by atoms with Gasteiger partial charge in [0.25, 0.3) is 5.91 Å². The normalized spacial score (nSPS) is 14.0. The Morgan fingerprint density at radius 3 is 2.69 bits per heavy atom. The summed E-state index contributed by atoms with van der Waals surface area (Å²) in [4.78, 5) is 46.6. The molecule has 12 nitrogen and oxygen atoms in total. The van der Waals surface area contributed by atoms with Crippen molar-refractivity contribution in [1.29, 1.82) is 0 Å². The number of nitrogens with two attached hydrogens (primary N) is 1. The number of aromatic carboxylic acids is 1. The number of rotatable bonds is 5. The monoisotopic (exact) mass is 452 g/mol. The summed E-state index contributed by atoms with van der Waals surface area (Å²) in [6, 6.07) is 1.80. The number of amides is 1. The third-order valence-corrected chi connectivity index (χ3v) is 6.04. The average Bonchev–Trinajstić information content (AvgIpc) is 3.39. The molecule has 0 aliphatic carbocycles. The van der Waals surface area contributed by atoms with Gasteiger partial charge in [0.05, 0.1) is 23.2 Å². The number of aryl methyl sites for hydroxylation is 1. The van der Waals surface area contributed by atoms with Crippen LogP contribution in [0.1, 0.15) is 32.3 Å². The Bertz CT molecular complexity index is 1440. The van der Waals surface area contributed by atoms with Crippen LogP contribution < -0.4 is 16.1 Å². The maximum absolute atomic E-state index is 12.8. The van der Waals surface area contributed by atoms with Crippen molar-refractivity contribution in [3.63, 3.8) is 0 Å². The van der Waals surface area contributed by atoms with E-state index in [-0.39, 0.29) is 17.0 Å². The minimum atomic E-state index is -1.32. The van der Waals surface area contributed by atoms with E-state index in [1.165, 1.54) is 23.3 Å². The van der Waals surface area contributed by atoms with Crippen LogP contribution in [0, 0.1) is 6.92 Å². The number of hydrogen-bond acceptors (Lipinski definition) is 9. The van der Waals surface area contributed by atoms with E-state index in [9.17, 15) is 19.5 Å². The standard InChI is InChI=1S/C19H16N8O4S/c1-9-2-13(25-5-11(6-25)27-4-10(3-22-27)16(20)29)24-17-14(9)15(28)12(18(30)31)7-26(17)19-21-8-23-32-19/h2-4,7-8,11H,5-6H2,1H3,(H2,20,29)(H,30,31). The third kappa shape index (κ3) is 3.10. The lowest BCUT2D eigenvalue weighted by Gasteiger charge is -2.40. The topological polar surface area (TPSA) is 162 Å². The van der Waals surface area contributed by atoms with E-state index in [1.807, 2.05) is 4.90 Å². The first-order chi connectivity index (χ1) is 15.3. The average molecular weight is 452 g/mol. The van der Waals surface area contributed by atoms with Gasteiger partial charge in [-0.05, 0) is 18.6 Å². The van der Waals surface area contributed by atoms with Crippen LogP contribution in [0.2, 0.25) is 0 Å². The predicted octanol–water partition coefficient (Wildman–Crippen LogP) is 0.601. The fourth-order valence-corrected chi connectivity index (χ4v) is 4.20. The van der Waals surface area contributed by atoms with Crippen molar-refractivity contribution in [3.8, 4) is 5.13 Å². The van der Waals surface area contributed by atoms with Crippen molar-refractivity contribution in [2.24, 2.45) is 5.73 Å². The summed E-state index contributed by atoms with van der Waals surface area (Å²) in [6.45, 7) is 2.93. The molecule has 162 valence electrons. The molecule has 0 radical (unpaired) electrons. The SMILES string of the molecule is Cc1cc(N2CC(n3cc(C(N)=O)cn3)C2)nc2c1c(=O)c(C(=O)O)cn2-c1ncns1. The molecule has 1 aliphatic rings.